The first-order valence-electron chi connectivity index (χ1n) is 5.64. The Morgan fingerprint density at radius 2 is 2.06 bits per heavy atom. The van der Waals surface area contributed by atoms with Crippen molar-refractivity contribution in [1.29, 1.82) is 0 Å². The molecule has 1 unspecified atom stereocenters. The van der Waals surface area contributed by atoms with Crippen molar-refractivity contribution in [3.05, 3.63) is 35.1 Å². The van der Waals surface area contributed by atoms with Gasteiger partial charge in [-0.15, -0.1) is 0 Å². The molecule has 0 aromatic heterocycles. The molecule has 1 rings (SSSR count). The number of carboxylic acids is 1. The minimum absolute atomic E-state index is 0.252. The molecule has 0 aliphatic rings. The second-order valence-corrected chi connectivity index (χ2v) is 4.05. The number of nitrogens with zero attached hydrogens (tertiary/aromatic N) is 1. The summed E-state index contributed by atoms with van der Waals surface area (Å²) < 4.78 is 13.5. The van der Waals surface area contributed by atoms with Gasteiger partial charge in [-0.1, -0.05) is 12.1 Å². The van der Waals surface area contributed by atoms with Crippen molar-refractivity contribution in [1.82, 2.24) is 4.90 Å². The second-order valence-electron chi connectivity index (χ2n) is 4.05. The average Bonchev–Trinajstić information content (AvgIpc) is 2.28. The van der Waals surface area contributed by atoms with Crippen LogP contribution in [0, 0.1) is 12.7 Å². The van der Waals surface area contributed by atoms with Crippen LogP contribution < -0.4 is 0 Å². The highest BCUT2D eigenvalue weighted by atomic mass is 19.1. The molecule has 0 heterocycles. The molecule has 1 aromatic rings. The topological polar surface area (TPSA) is 57.6 Å². The lowest BCUT2D eigenvalue weighted by Crippen LogP contribution is -2.37. The van der Waals surface area contributed by atoms with Crippen molar-refractivity contribution in [2.45, 2.75) is 26.8 Å². The van der Waals surface area contributed by atoms with Crippen molar-refractivity contribution in [3.8, 4) is 0 Å². The zero-order valence-corrected chi connectivity index (χ0v) is 10.6. The molecule has 0 fully saturated rings. The summed E-state index contributed by atoms with van der Waals surface area (Å²) >= 11 is 0. The molecule has 18 heavy (non-hydrogen) atoms. The van der Waals surface area contributed by atoms with Gasteiger partial charge in [0, 0.05) is 13.5 Å². The summed E-state index contributed by atoms with van der Waals surface area (Å²) in [4.78, 5) is 23.9. The number of benzene rings is 1. The lowest BCUT2D eigenvalue weighted by Gasteiger charge is -2.27. The summed E-state index contributed by atoms with van der Waals surface area (Å²) in [5, 5.41) is 9.22. The SMILES string of the molecule is CCN(C(C)=O)C(C(=O)O)c1ccc(C)c(F)c1. The van der Waals surface area contributed by atoms with Crippen LogP contribution in [-0.4, -0.2) is 28.4 Å². The molecule has 4 nitrogen and oxygen atoms in total. The highest BCUT2D eigenvalue weighted by Crippen LogP contribution is 2.23. The smallest absolute Gasteiger partial charge is 0.331 e. The van der Waals surface area contributed by atoms with Gasteiger partial charge in [-0.05, 0) is 31.0 Å². The number of rotatable bonds is 4. The molecule has 0 radical (unpaired) electrons. The van der Waals surface area contributed by atoms with Gasteiger partial charge >= 0.3 is 5.97 Å². The minimum Gasteiger partial charge on any atom is -0.479 e. The molecular formula is C13H16FNO3. The Morgan fingerprint density at radius 3 is 2.44 bits per heavy atom. The lowest BCUT2D eigenvalue weighted by atomic mass is 10.0. The summed E-state index contributed by atoms with van der Waals surface area (Å²) in [6, 6.07) is 3.06. The fourth-order valence-electron chi connectivity index (χ4n) is 1.82. The number of aryl methyl sites for hydroxylation is 1. The first kappa shape index (κ1) is 14.2. The van der Waals surface area contributed by atoms with Crippen LogP contribution in [0.3, 0.4) is 0 Å². The molecule has 1 N–H and O–H groups in total. The van der Waals surface area contributed by atoms with Crippen LogP contribution in [0.15, 0.2) is 18.2 Å². The zero-order valence-electron chi connectivity index (χ0n) is 10.6. The number of amides is 1. The number of carboxylic acid groups (broad SMARTS) is 1. The third-order valence-electron chi connectivity index (χ3n) is 2.80. The van der Waals surface area contributed by atoms with E-state index in [1.165, 1.54) is 30.0 Å². The van der Waals surface area contributed by atoms with Gasteiger partial charge in [0.05, 0.1) is 0 Å². The van der Waals surface area contributed by atoms with E-state index in [-0.39, 0.29) is 18.0 Å². The number of carbonyl (C=O) groups is 2. The van der Waals surface area contributed by atoms with Crippen LogP contribution in [0.2, 0.25) is 0 Å². The Labute approximate surface area is 105 Å². The standard InChI is InChI=1S/C13H16FNO3/c1-4-15(9(3)16)12(13(17)18)10-6-5-8(2)11(14)7-10/h5-7,12H,4H2,1-3H3,(H,17,18). The third-order valence-corrected chi connectivity index (χ3v) is 2.80. The maximum Gasteiger partial charge on any atom is 0.331 e. The van der Waals surface area contributed by atoms with Crippen LogP contribution in [0.1, 0.15) is 31.0 Å². The third kappa shape index (κ3) is 2.85. The summed E-state index contributed by atoms with van der Waals surface area (Å²) in [5.41, 5.74) is 0.705. The van der Waals surface area contributed by atoms with E-state index in [9.17, 15) is 19.1 Å². The molecule has 0 aliphatic heterocycles. The van der Waals surface area contributed by atoms with Crippen molar-refractivity contribution in [3.63, 3.8) is 0 Å². The van der Waals surface area contributed by atoms with Gasteiger partial charge in [0.2, 0.25) is 5.91 Å². The maximum atomic E-state index is 13.5. The van der Waals surface area contributed by atoms with E-state index >= 15 is 0 Å². The van der Waals surface area contributed by atoms with Crippen LogP contribution in [0.4, 0.5) is 4.39 Å². The summed E-state index contributed by atoms with van der Waals surface area (Å²) in [7, 11) is 0. The van der Waals surface area contributed by atoms with Gasteiger partial charge in [0.1, 0.15) is 5.82 Å². The van der Waals surface area contributed by atoms with Gasteiger partial charge in [-0.2, -0.15) is 0 Å². The predicted molar refractivity (Wildman–Crippen MR) is 64.6 cm³/mol. The largest absolute Gasteiger partial charge is 0.479 e. The van der Waals surface area contributed by atoms with Crippen molar-refractivity contribution in [2.75, 3.05) is 6.54 Å². The van der Waals surface area contributed by atoms with E-state index in [0.717, 1.165) is 0 Å². The molecule has 5 heteroatoms. The molecule has 0 aliphatic carbocycles. The van der Waals surface area contributed by atoms with Crippen molar-refractivity contribution >= 4 is 11.9 Å². The number of likely N-dealkylation sites (N-methyl/N-ethyl adjacent to an activating group) is 1. The Kier molecular flexibility index (Phi) is 4.42. The van der Waals surface area contributed by atoms with Crippen molar-refractivity contribution in [2.24, 2.45) is 0 Å². The molecule has 98 valence electrons. The number of halogens is 1. The maximum absolute atomic E-state index is 13.5. The summed E-state index contributed by atoms with van der Waals surface area (Å²) in [6.07, 6.45) is 0. The zero-order chi connectivity index (χ0) is 13.9. The number of hydrogen-bond donors (Lipinski definition) is 1. The van der Waals surface area contributed by atoms with Gasteiger partial charge < -0.3 is 10.0 Å². The van der Waals surface area contributed by atoms with E-state index in [1.807, 2.05) is 0 Å². The minimum atomic E-state index is -1.17. The van der Waals surface area contributed by atoms with E-state index in [0.29, 0.717) is 5.56 Å². The Bertz CT molecular complexity index is 473. The molecule has 1 amide bonds. The monoisotopic (exact) mass is 253 g/mol. The Hall–Kier alpha value is -1.91. The molecule has 0 saturated heterocycles. The molecule has 1 atom stereocenters. The fourth-order valence-corrected chi connectivity index (χ4v) is 1.82. The molecule has 1 aromatic carbocycles. The highest BCUT2D eigenvalue weighted by molar-refractivity contribution is 5.83. The summed E-state index contributed by atoms with van der Waals surface area (Å²) in [6.45, 7) is 4.82. The summed E-state index contributed by atoms with van der Waals surface area (Å²) in [5.74, 6) is -2.00. The first-order chi connectivity index (χ1) is 8.38. The number of hydrogen-bond acceptors (Lipinski definition) is 2. The first-order valence-corrected chi connectivity index (χ1v) is 5.64. The normalized spacial score (nSPS) is 12.0. The lowest BCUT2D eigenvalue weighted by molar-refractivity contribution is -0.149. The Balaban J connectivity index is 3.23. The van der Waals surface area contributed by atoms with Gasteiger partial charge in [0.15, 0.2) is 6.04 Å². The molecule has 0 bridgehead atoms. The van der Waals surface area contributed by atoms with E-state index < -0.39 is 17.8 Å². The van der Waals surface area contributed by atoms with E-state index in [1.54, 1.807) is 13.8 Å². The van der Waals surface area contributed by atoms with Crippen LogP contribution >= 0.6 is 0 Å². The van der Waals surface area contributed by atoms with Crippen LogP contribution in [0.5, 0.6) is 0 Å². The number of carbonyl (C=O) groups excluding carboxylic acids is 1. The fraction of sp³-hybridized carbons (Fsp3) is 0.385. The van der Waals surface area contributed by atoms with Gasteiger partial charge in [-0.3, -0.25) is 4.79 Å². The number of aliphatic carboxylic acids is 1. The molecular weight excluding hydrogens is 237 g/mol. The highest BCUT2D eigenvalue weighted by Gasteiger charge is 2.28. The van der Waals surface area contributed by atoms with Gasteiger partial charge in [0.25, 0.3) is 0 Å². The van der Waals surface area contributed by atoms with Gasteiger partial charge in [-0.25, -0.2) is 9.18 Å². The Morgan fingerprint density at radius 1 is 1.44 bits per heavy atom. The molecule has 0 saturated carbocycles. The van der Waals surface area contributed by atoms with E-state index in [4.69, 9.17) is 0 Å². The van der Waals surface area contributed by atoms with E-state index in [2.05, 4.69) is 0 Å². The average molecular weight is 253 g/mol. The molecule has 0 spiro atoms. The predicted octanol–water partition coefficient (Wildman–Crippen LogP) is 2.13. The van der Waals surface area contributed by atoms with Crippen LogP contribution in [-0.2, 0) is 9.59 Å². The van der Waals surface area contributed by atoms with Crippen LogP contribution in [0.25, 0.3) is 0 Å². The second kappa shape index (κ2) is 5.62. The van der Waals surface area contributed by atoms with Crippen molar-refractivity contribution < 1.29 is 19.1 Å². The quantitative estimate of drug-likeness (QED) is 0.894.